The van der Waals surface area contributed by atoms with Gasteiger partial charge in [-0.3, -0.25) is 4.98 Å². The van der Waals surface area contributed by atoms with Gasteiger partial charge in [-0.1, -0.05) is 34.3 Å². The highest BCUT2D eigenvalue weighted by molar-refractivity contribution is 5.97. The maximum absolute atomic E-state index is 9.58. The SMILES string of the molecule is C=C(N=C(OC)c1cnc(CC(C)C)c(CC(C)C)c1)c1cc(C)c(OCC(O)CO)c(C)c1. The predicted octanol–water partition coefficient (Wildman–Crippen LogP) is 4.89. The molecule has 0 aliphatic rings. The lowest BCUT2D eigenvalue weighted by atomic mass is 9.95. The first kappa shape index (κ1) is 27.5. The van der Waals surface area contributed by atoms with E-state index in [1.807, 2.05) is 32.2 Å². The molecular formula is C28H40N2O4. The molecule has 0 spiro atoms. The second kappa shape index (κ2) is 12.7. The molecular weight excluding hydrogens is 428 g/mol. The highest BCUT2D eigenvalue weighted by atomic mass is 16.5. The molecule has 0 radical (unpaired) electrons. The molecule has 1 atom stereocenters. The lowest BCUT2D eigenvalue weighted by Gasteiger charge is -2.16. The first-order chi connectivity index (χ1) is 16.0. The molecule has 1 aromatic heterocycles. The van der Waals surface area contributed by atoms with E-state index < -0.39 is 6.10 Å². The maximum atomic E-state index is 9.58. The standard InChI is InChI=1S/C28H40N2O4/c1-17(2)9-23-13-24(14-29-26(23)10-18(3)4)28(33-8)30-21(7)22-11-19(5)27(20(6)12-22)34-16-25(32)15-31/h11-14,17-18,25,31-32H,7,9-10,15-16H2,1-6,8H3. The predicted molar refractivity (Wildman–Crippen MR) is 138 cm³/mol. The van der Waals surface area contributed by atoms with E-state index in [0.29, 0.717) is 29.2 Å². The van der Waals surface area contributed by atoms with E-state index in [-0.39, 0.29) is 13.2 Å². The van der Waals surface area contributed by atoms with Gasteiger partial charge < -0.3 is 19.7 Å². The molecule has 0 saturated heterocycles. The summed E-state index contributed by atoms with van der Waals surface area (Å²) >= 11 is 0. The van der Waals surface area contributed by atoms with Crippen LogP contribution in [0.2, 0.25) is 0 Å². The molecule has 0 amide bonds. The fourth-order valence-electron chi connectivity index (χ4n) is 3.83. The Bertz CT molecular complexity index is 988. The fourth-order valence-corrected chi connectivity index (χ4v) is 3.83. The Morgan fingerprint density at radius 3 is 2.18 bits per heavy atom. The number of aryl methyl sites for hydroxylation is 2. The number of aliphatic hydroxyl groups is 2. The highest BCUT2D eigenvalue weighted by Crippen LogP contribution is 2.29. The normalized spacial score (nSPS) is 12.9. The van der Waals surface area contributed by atoms with Crippen molar-refractivity contribution in [3.63, 3.8) is 0 Å². The zero-order valence-electron chi connectivity index (χ0n) is 21.7. The summed E-state index contributed by atoms with van der Waals surface area (Å²) in [6, 6.07) is 6.03. The number of methoxy groups -OCH3 is 1. The van der Waals surface area contributed by atoms with Gasteiger partial charge in [-0.2, -0.15) is 0 Å². The molecule has 2 aromatic rings. The Kier molecular flexibility index (Phi) is 10.3. The molecule has 0 aliphatic carbocycles. The van der Waals surface area contributed by atoms with E-state index in [1.165, 1.54) is 5.56 Å². The molecule has 34 heavy (non-hydrogen) atoms. The van der Waals surface area contributed by atoms with E-state index in [2.05, 4.69) is 40.3 Å². The summed E-state index contributed by atoms with van der Waals surface area (Å²) in [6.07, 6.45) is 2.81. The van der Waals surface area contributed by atoms with E-state index >= 15 is 0 Å². The van der Waals surface area contributed by atoms with Crippen molar-refractivity contribution in [3.05, 3.63) is 64.5 Å². The number of aromatic nitrogens is 1. The van der Waals surface area contributed by atoms with Crippen molar-refractivity contribution >= 4 is 11.6 Å². The van der Waals surface area contributed by atoms with Crippen LogP contribution in [-0.4, -0.2) is 47.5 Å². The smallest absolute Gasteiger partial charge is 0.222 e. The Hall–Kier alpha value is -2.70. The highest BCUT2D eigenvalue weighted by Gasteiger charge is 2.15. The molecule has 1 aromatic carbocycles. The maximum Gasteiger partial charge on any atom is 0.222 e. The molecule has 186 valence electrons. The topological polar surface area (TPSA) is 84.2 Å². The van der Waals surface area contributed by atoms with Crippen LogP contribution in [0.1, 0.15) is 61.2 Å². The monoisotopic (exact) mass is 468 g/mol. The van der Waals surface area contributed by atoms with Crippen LogP contribution in [-0.2, 0) is 17.6 Å². The van der Waals surface area contributed by atoms with Crippen LogP contribution in [0.5, 0.6) is 5.75 Å². The summed E-state index contributed by atoms with van der Waals surface area (Å²) in [5, 5.41) is 18.6. The number of pyridine rings is 1. The lowest BCUT2D eigenvalue weighted by molar-refractivity contribution is 0.0532. The van der Waals surface area contributed by atoms with Gasteiger partial charge in [0.25, 0.3) is 0 Å². The minimum Gasteiger partial charge on any atom is -0.490 e. The zero-order chi connectivity index (χ0) is 25.4. The number of rotatable bonds is 11. The largest absolute Gasteiger partial charge is 0.490 e. The number of ether oxygens (including phenoxy) is 2. The van der Waals surface area contributed by atoms with Crippen molar-refractivity contribution in [1.29, 1.82) is 0 Å². The van der Waals surface area contributed by atoms with Gasteiger partial charge in [-0.25, -0.2) is 4.99 Å². The van der Waals surface area contributed by atoms with Crippen LogP contribution < -0.4 is 4.74 Å². The van der Waals surface area contributed by atoms with Gasteiger partial charge in [0.1, 0.15) is 18.5 Å². The van der Waals surface area contributed by atoms with E-state index in [9.17, 15) is 5.11 Å². The molecule has 2 N–H and O–H groups in total. The Labute approximate surface area is 204 Å². The van der Waals surface area contributed by atoms with Crippen LogP contribution >= 0.6 is 0 Å². The van der Waals surface area contributed by atoms with Crippen LogP contribution in [0.15, 0.2) is 36.0 Å². The Morgan fingerprint density at radius 2 is 1.65 bits per heavy atom. The summed E-state index contributed by atoms with van der Waals surface area (Å²) < 4.78 is 11.3. The molecule has 0 fully saturated rings. The number of hydrogen-bond acceptors (Lipinski definition) is 6. The van der Waals surface area contributed by atoms with Crippen molar-refractivity contribution in [2.24, 2.45) is 16.8 Å². The molecule has 0 bridgehead atoms. The first-order valence-electron chi connectivity index (χ1n) is 11.9. The van der Waals surface area contributed by atoms with Crippen molar-refractivity contribution in [2.45, 2.75) is 60.5 Å². The molecule has 6 nitrogen and oxygen atoms in total. The van der Waals surface area contributed by atoms with Gasteiger partial charge >= 0.3 is 0 Å². The van der Waals surface area contributed by atoms with Gasteiger partial charge in [0.2, 0.25) is 5.90 Å². The Morgan fingerprint density at radius 1 is 1.03 bits per heavy atom. The summed E-state index contributed by atoms with van der Waals surface area (Å²) in [5.41, 5.74) is 6.42. The number of hydrogen-bond donors (Lipinski definition) is 2. The summed E-state index contributed by atoms with van der Waals surface area (Å²) in [4.78, 5) is 9.45. The van der Waals surface area contributed by atoms with Gasteiger partial charge in [-0.05, 0) is 73.4 Å². The second-order valence-corrected chi connectivity index (χ2v) is 9.68. The van der Waals surface area contributed by atoms with Crippen molar-refractivity contribution in [2.75, 3.05) is 20.3 Å². The van der Waals surface area contributed by atoms with Crippen molar-refractivity contribution in [1.82, 2.24) is 4.98 Å². The number of aliphatic imine (C=N–C) groups is 1. The first-order valence-corrected chi connectivity index (χ1v) is 11.9. The average molecular weight is 469 g/mol. The fraction of sp³-hybridized carbons (Fsp3) is 0.500. The third-order valence-corrected chi connectivity index (χ3v) is 5.39. The third-order valence-electron chi connectivity index (χ3n) is 5.39. The van der Waals surface area contributed by atoms with Crippen LogP contribution in [0, 0.1) is 25.7 Å². The zero-order valence-corrected chi connectivity index (χ0v) is 21.7. The van der Waals surface area contributed by atoms with Gasteiger partial charge in [0.15, 0.2) is 0 Å². The molecule has 2 rings (SSSR count). The molecule has 1 heterocycles. The summed E-state index contributed by atoms with van der Waals surface area (Å²) in [6.45, 7) is 16.5. The lowest BCUT2D eigenvalue weighted by Crippen LogP contribution is -2.21. The molecule has 0 saturated carbocycles. The number of aliphatic hydroxyl groups excluding tert-OH is 2. The average Bonchev–Trinajstić information content (AvgIpc) is 2.76. The van der Waals surface area contributed by atoms with E-state index in [4.69, 9.17) is 24.6 Å². The molecule has 6 heteroatoms. The van der Waals surface area contributed by atoms with Gasteiger partial charge in [0, 0.05) is 17.5 Å². The second-order valence-electron chi connectivity index (χ2n) is 9.68. The van der Waals surface area contributed by atoms with Crippen molar-refractivity contribution < 1.29 is 19.7 Å². The number of benzene rings is 1. The third kappa shape index (κ3) is 7.67. The van der Waals surface area contributed by atoms with E-state index in [0.717, 1.165) is 40.8 Å². The minimum atomic E-state index is -0.913. The quantitative estimate of drug-likeness (QED) is 0.362. The van der Waals surface area contributed by atoms with Crippen LogP contribution in [0.4, 0.5) is 0 Å². The summed E-state index contributed by atoms with van der Waals surface area (Å²) in [7, 11) is 1.61. The van der Waals surface area contributed by atoms with Crippen LogP contribution in [0.25, 0.3) is 5.70 Å². The molecule has 0 aliphatic heterocycles. The van der Waals surface area contributed by atoms with Gasteiger partial charge in [0.05, 0.1) is 25.0 Å². The molecule has 1 unspecified atom stereocenters. The van der Waals surface area contributed by atoms with Gasteiger partial charge in [-0.15, -0.1) is 0 Å². The van der Waals surface area contributed by atoms with Crippen molar-refractivity contribution in [3.8, 4) is 5.75 Å². The van der Waals surface area contributed by atoms with E-state index in [1.54, 1.807) is 7.11 Å². The Balaban J connectivity index is 2.35. The summed E-state index contributed by atoms with van der Waals surface area (Å²) in [5.74, 6) is 2.21. The minimum absolute atomic E-state index is 0.0307. The number of nitrogens with zero attached hydrogens (tertiary/aromatic N) is 2. The van der Waals surface area contributed by atoms with Crippen LogP contribution in [0.3, 0.4) is 0 Å².